The number of carbonyl (C=O) groups is 1. The smallest absolute Gasteiger partial charge is 0.161 e. The van der Waals surface area contributed by atoms with Gasteiger partial charge in [0.1, 0.15) is 5.75 Å². The van der Waals surface area contributed by atoms with E-state index in [1.54, 1.807) is 14.2 Å². The van der Waals surface area contributed by atoms with Gasteiger partial charge in [-0.2, -0.15) is 0 Å². The third-order valence-electron chi connectivity index (χ3n) is 10.3. The lowest BCUT2D eigenvalue weighted by atomic mass is 9.69. The number of Topliss-reactive ketones (excluding diaryl/α,β-unsaturated/α-hetero) is 1. The number of carbonyl (C=O) groups excluding carboxylic acids is 1. The van der Waals surface area contributed by atoms with Crippen molar-refractivity contribution in [1.29, 1.82) is 0 Å². The summed E-state index contributed by atoms with van der Waals surface area (Å²) < 4.78 is 17.3. The van der Waals surface area contributed by atoms with E-state index in [9.17, 15) is 4.79 Å². The molecule has 44 heavy (non-hydrogen) atoms. The summed E-state index contributed by atoms with van der Waals surface area (Å²) in [5.74, 6) is 2.57. The first-order chi connectivity index (χ1) is 21.4. The lowest BCUT2D eigenvalue weighted by Gasteiger charge is -2.42. The Morgan fingerprint density at radius 1 is 0.955 bits per heavy atom. The predicted molar refractivity (Wildman–Crippen MR) is 177 cm³/mol. The summed E-state index contributed by atoms with van der Waals surface area (Å²) in [6, 6.07) is 15.0. The molecule has 2 aliphatic heterocycles. The van der Waals surface area contributed by atoms with E-state index in [2.05, 4.69) is 27.2 Å². The second-order valence-corrected chi connectivity index (χ2v) is 13.5. The third-order valence-corrected chi connectivity index (χ3v) is 10.3. The number of benzene rings is 2. The Hall–Kier alpha value is -2.61. The lowest BCUT2D eigenvalue weighted by Crippen LogP contribution is -2.51. The van der Waals surface area contributed by atoms with Gasteiger partial charge in [0.15, 0.2) is 17.3 Å². The van der Waals surface area contributed by atoms with Crippen molar-refractivity contribution in [2.75, 3.05) is 53.5 Å². The van der Waals surface area contributed by atoms with Crippen LogP contribution in [0.25, 0.3) is 0 Å². The topological polar surface area (TPSA) is 63.3 Å². The SMILES string of the molecule is COc1ccc(C2(CCN3CCN(C4CCCCC4)CC3)CCCNC(C(=O)Cc3cccc(OC(C)C)c3)C2)cc1OC. The van der Waals surface area contributed by atoms with Crippen LogP contribution in [0.5, 0.6) is 17.2 Å². The maximum atomic E-state index is 13.9. The van der Waals surface area contributed by atoms with E-state index in [1.165, 1.54) is 50.8 Å². The second kappa shape index (κ2) is 15.6. The molecule has 0 bridgehead atoms. The van der Waals surface area contributed by atoms with Crippen molar-refractivity contribution in [2.45, 2.75) is 102 Å². The maximum Gasteiger partial charge on any atom is 0.161 e. The van der Waals surface area contributed by atoms with Gasteiger partial charge >= 0.3 is 0 Å². The number of piperazine rings is 1. The van der Waals surface area contributed by atoms with Gasteiger partial charge in [-0.25, -0.2) is 0 Å². The van der Waals surface area contributed by atoms with Crippen LogP contribution >= 0.6 is 0 Å². The van der Waals surface area contributed by atoms with Crippen molar-refractivity contribution < 1.29 is 19.0 Å². The van der Waals surface area contributed by atoms with E-state index < -0.39 is 0 Å². The summed E-state index contributed by atoms with van der Waals surface area (Å²) in [6.07, 6.45) is 11.3. The molecule has 3 aliphatic rings. The number of methoxy groups -OCH3 is 2. The molecule has 0 radical (unpaired) electrons. The first-order valence-electron chi connectivity index (χ1n) is 17.1. The molecule has 2 saturated heterocycles. The van der Waals surface area contributed by atoms with E-state index >= 15 is 0 Å². The summed E-state index contributed by atoms with van der Waals surface area (Å²) in [5.41, 5.74) is 2.13. The molecule has 2 aromatic carbocycles. The fourth-order valence-electron chi connectivity index (χ4n) is 7.79. The maximum absolute atomic E-state index is 13.9. The summed E-state index contributed by atoms with van der Waals surface area (Å²) in [5, 5.41) is 3.65. The fraction of sp³-hybridized carbons (Fsp3) is 0.649. The van der Waals surface area contributed by atoms with Crippen molar-refractivity contribution in [3.8, 4) is 17.2 Å². The van der Waals surface area contributed by atoms with Gasteiger partial charge in [-0.1, -0.05) is 37.5 Å². The zero-order valence-electron chi connectivity index (χ0n) is 27.6. The minimum Gasteiger partial charge on any atom is -0.493 e. The first-order valence-corrected chi connectivity index (χ1v) is 17.1. The summed E-state index contributed by atoms with van der Waals surface area (Å²) in [7, 11) is 3.39. The highest BCUT2D eigenvalue weighted by Gasteiger charge is 2.39. The van der Waals surface area contributed by atoms with E-state index in [0.717, 1.165) is 80.7 Å². The monoisotopic (exact) mass is 605 g/mol. The summed E-state index contributed by atoms with van der Waals surface area (Å²) in [6.45, 7) is 10.6. The van der Waals surface area contributed by atoms with Crippen LogP contribution in [0.2, 0.25) is 0 Å². The van der Waals surface area contributed by atoms with Gasteiger partial charge in [0.05, 0.1) is 26.4 Å². The molecule has 0 spiro atoms. The summed E-state index contributed by atoms with van der Waals surface area (Å²) in [4.78, 5) is 19.3. The van der Waals surface area contributed by atoms with Gasteiger partial charge in [-0.15, -0.1) is 0 Å². The van der Waals surface area contributed by atoms with E-state index in [0.29, 0.717) is 6.42 Å². The molecular weight excluding hydrogens is 550 g/mol. The largest absolute Gasteiger partial charge is 0.493 e. The molecule has 2 aromatic rings. The van der Waals surface area contributed by atoms with Gasteiger partial charge in [-0.3, -0.25) is 9.69 Å². The zero-order chi connectivity index (χ0) is 30.9. The van der Waals surface area contributed by atoms with Crippen molar-refractivity contribution >= 4 is 5.78 Å². The molecule has 0 aromatic heterocycles. The highest BCUT2D eigenvalue weighted by molar-refractivity contribution is 5.86. The van der Waals surface area contributed by atoms with Gasteiger partial charge in [0.25, 0.3) is 0 Å². The van der Waals surface area contributed by atoms with Crippen LogP contribution in [0.3, 0.4) is 0 Å². The molecule has 2 unspecified atom stereocenters. The molecule has 2 atom stereocenters. The second-order valence-electron chi connectivity index (χ2n) is 13.5. The average molecular weight is 606 g/mol. The molecule has 1 saturated carbocycles. The van der Waals surface area contributed by atoms with Crippen LogP contribution in [0.4, 0.5) is 0 Å². The fourth-order valence-corrected chi connectivity index (χ4v) is 7.79. The summed E-state index contributed by atoms with van der Waals surface area (Å²) >= 11 is 0. The Kier molecular flexibility index (Phi) is 11.6. The number of hydrogen-bond acceptors (Lipinski definition) is 7. The van der Waals surface area contributed by atoms with E-state index in [-0.39, 0.29) is 23.3 Å². The Balaban J connectivity index is 1.33. The highest BCUT2D eigenvalue weighted by atomic mass is 16.5. The van der Waals surface area contributed by atoms with Crippen LogP contribution in [-0.2, 0) is 16.6 Å². The molecule has 5 rings (SSSR count). The molecule has 2 heterocycles. The first kappa shape index (κ1) is 32.8. The Bertz CT molecular complexity index is 1200. The average Bonchev–Trinajstić information content (AvgIpc) is 3.28. The highest BCUT2D eigenvalue weighted by Crippen LogP contribution is 2.43. The Labute approximate surface area is 265 Å². The van der Waals surface area contributed by atoms with Crippen LogP contribution in [-0.4, -0.2) is 87.3 Å². The van der Waals surface area contributed by atoms with E-state index in [1.807, 2.05) is 44.2 Å². The number of rotatable bonds is 12. The minimum atomic E-state index is -0.205. The third kappa shape index (κ3) is 8.35. The van der Waals surface area contributed by atoms with Gasteiger partial charge in [-0.05, 0) is 106 Å². The molecule has 1 aliphatic carbocycles. The number of hydrogen-bond donors (Lipinski definition) is 1. The van der Waals surface area contributed by atoms with Crippen LogP contribution in [0.15, 0.2) is 42.5 Å². The number of ether oxygens (including phenoxy) is 3. The minimum absolute atomic E-state index is 0.0989. The lowest BCUT2D eigenvalue weighted by molar-refractivity contribution is -0.120. The molecule has 1 N–H and O–H groups in total. The number of nitrogens with one attached hydrogen (secondary N) is 1. The molecule has 0 amide bonds. The standard InChI is InChI=1S/C37H55N3O4/c1-28(2)44-32-13-8-10-29(24-32)25-34(41)33-27-37(16-9-18-38-33,30-14-15-35(42-3)36(26-30)43-4)17-19-39-20-22-40(23-21-39)31-11-6-5-7-12-31/h8,10,13-15,24,26,28,31,33,38H,5-7,9,11-12,16-23,25,27H2,1-4H3. The van der Waals surface area contributed by atoms with Crippen molar-refractivity contribution in [1.82, 2.24) is 15.1 Å². The molecule has 3 fully saturated rings. The molecule has 7 heteroatoms. The van der Waals surface area contributed by atoms with Gasteiger partial charge in [0.2, 0.25) is 0 Å². The quantitative estimate of drug-likeness (QED) is 0.317. The normalized spacial score (nSPS) is 24.2. The van der Waals surface area contributed by atoms with Crippen molar-refractivity contribution in [3.05, 3.63) is 53.6 Å². The van der Waals surface area contributed by atoms with E-state index in [4.69, 9.17) is 14.2 Å². The Morgan fingerprint density at radius 2 is 1.73 bits per heavy atom. The number of nitrogens with zero attached hydrogens (tertiary/aromatic N) is 2. The van der Waals surface area contributed by atoms with Crippen LogP contribution in [0, 0.1) is 0 Å². The van der Waals surface area contributed by atoms with Gasteiger partial charge < -0.3 is 24.4 Å². The molecule has 242 valence electrons. The zero-order valence-corrected chi connectivity index (χ0v) is 27.6. The number of ketones is 1. The van der Waals surface area contributed by atoms with Crippen LogP contribution in [0.1, 0.15) is 82.8 Å². The Morgan fingerprint density at radius 3 is 2.45 bits per heavy atom. The van der Waals surface area contributed by atoms with Crippen LogP contribution < -0.4 is 19.5 Å². The molecule has 7 nitrogen and oxygen atoms in total. The van der Waals surface area contributed by atoms with Crippen molar-refractivity contribution in [2.24, 2.45) is 0 Å². The van der Waals surface area contributed by atoms with Crippen molar-refractivity contribution in [3.63, 3.8) is 0 Å². The predicted octanol–water partition coefficient (Wildman–Crippen LogP) is 6.02. The molecular formula is C37H55N3O4. The van der Waals surface area contributed by atoms with Gasteiger partial charge in [0, 0.05) is 38.6 Å².